The highest BCUT2D eigenvalue weighted by Crippen LogP contribution is 2.26. The number of benzene rings is 1. The summed E-state index contributed by atoms with van der Waals surface area (Å²) in [5, 5.41) is 0. The first-order valence-electron chi connectivity index (χ1n) is 8.60. The van der Waals surface area contributed by atoms with Gasteiger partial charge in [-0.15, -0.1) is 0 Å². The zero-order valence-electron chi connectivity index (χ0n) is 14.8. The molecule has 3 nitrogen and oxygen atoms in total. The monoisotopic (exact) mass is 320 g/mol. The van der Waals surface area contributed by atoms with E-state index in [0.29, 0.717) is 12.6 Å². The molecule has 1 atom stereocenters. The molecule has 0 aromatic heterocycles. The number of amides is 1. The average molecular weight is 320 g/mol. The van der Waals surface area contributed by atoms with Gasteiger partial charge in [0.15, 0.2) is 0 Å². The summed E-state index contributed by atoms with van der Waals surface area (Å²) in [7, 11) is 3.88. The smallest absolute Gasteiger partial charge is 0.236 e. The third-order valence-electron chi connectivity index (χ3n) is 5.32. The number of hydrogen-bond donors (Lipinski definition) is 0. The van der Waals surface area contributed by atoms with Gasteiger partial charge in [-0.2, -0.15) is 0 Å². The molecule has 0 saturated heterocycles. The van der Waals surface area contributed by atoms with Crippen molar-refractivity contribution >= 4 is 5.91 Å². The fraction of sp³-hybridized carbons (Fsp3) is 0.632. The predicted octanol–water partition coefficient (Wildman–Crippen LogP) is 3.86. The first-order valence-corrected chi connectivity index (χ1v) is 8.60. The molecule has 0 aliphatic heterocycles. The van der Waals surface area contributed by atoms with Crippen LogP contribution in [0.15, 0.2) is 24.3 Å². The summed E-state index contributed by atoms with van der Waals surface area (Å²) in [6.07, 6.45) is 4.88. The van der Waals surface area contributed by atoms with E-state index in [1.54, 1.807) is 17.0 Å². The van der Waals surface area contributed by atoms with Crippen LogP contribution in [-0.4, -0.2) is 42.4 Å². The second-order valence-corrected chi connectivity index (χ2v) is 7.06. The summed E-state index contributed by atoms with van der Waals surface area (Å²) >= 11 is 0. The molecule has 1 saturated carbocycles. The lowest BCUT2D eigenvalue weighted by atomic mass is 9.87. The van der Waals surface area contributed by atoms with Crippen LogP contribution < -0.4 is 0 Å². The van der Waals surface area contributed by atoms with E-state index >= 15 is 0 Å². The van der Waals surface area contributed by atoms with Crippen LogP contribution in [0.4, 0.5) is 4.39 Å². The standard InChI is InChI=1S/C19H29FN2O/c1-14-5-11-18(12-6-14)21(3)13-19(23)22(4)15(2)16-7-9-17(20)10-8-16/h7-10,14-15,18H,5-6,11-13H2,1-4H3. The van der Waals surface area contributed by atoms with E-state index in [4.69, 9.17) is 0 Å². The fourth-order valence-electron chi connectivity index (χ4n) is 3.32. The van der Waals surface area contributed by atoms with E-state index in [1.165, 1.54) is 37.8 Å². The molecule has 0 radical (unpaired) electrons. The van der Waals surface area contributed by atoms with E-state index in [0.717, 1.165) is 11.5 Å². The topological polar surface area (TPSA) is 23.6 Å². The molecule has 4 heteroatoms. The maximum Gasteiger partial charge on any atom is 0.236 e. The molecule has 1 fully saturated rings. The largest absolute Gasteiger partial charge is 0.338 e. The molecule has 0 heterocycles. The van der Waals surface area contributed by atoms with Crippen LogP contribution in [0.1, 0.15) is 51.1 Å². The van der Waals surface area contributed by atoms with Crippen LogP contribution in [0, 0.1) is 11.7 Å². The van der Waals surface area contributed by atoms with Crippen LogP contribution in [0.5, 0.6) is 0 Å². The molecule has 1 amide bonds. The van der Waals surface area contributed by atoms with Crippen LogP contribution in [0.3, 0.4) is 0 Å². The van der Waals surface area contributed by atoms with E-state index in [1.807, 2.05) is 14.0 Å². The molecule has 1 unspecified atom stereocenters. The van der Waals surface area contributed by atoms with Crippen molar-refractivity contribution in [1.82, 2.24) is 9.80 Å². The second-order valence-electron chi connectivity index (χ2n) is 7.06. The molecule has 1 aliphatic carbocycles. The number of carbonyl (C=O) groups excluding carboxylic acids is 1. The van der Waals surface area contributed by atoms with Crippen molar-refractivity contribution in [3.05, 3.63) is 35.6 Å². The lowest BCUT2D eigenvalue weighted by Gasteiger charge is -2.35. The maximum atomic E-state index is 13.0. The van der Waals surface area contributed by atoms with Crippen LogP contribution >= 0.6 is 0 Å². The highest BCUT2D eigenvalue weighted by Gasteiger charge is 2.25. The third kappa shape index (κ3) is 4.77. The van der Waals surface area contributed by atoms with E-state index in [2.05, 4.69) is 18.9 Å². The van der Waals surface area contributed by atoms with Crippen molar-refractivity contribution in [2.45, 2.75) is 51.6 Å². The molecule has 128 valence electrons. The minimum absolute atomic E-state index is 0.0529. The lowest BCUT2D eigenvalue weighted by molar-refractivity contribution is -0.133. The Morgan fingerprint density at radius 2 is 1.74 bits per heavy atom. The highest BCUT2D eigenvalue weighted by atomic mass is 19.1. The molecule has 1 aromatic carbocycles. The SMILES string of the molecule is CC1CCC(N(C)CC(=O)N(C)C(C)c2ccc(F)cc2)CC1. The zero-order chi connectivity index (χ0) is 17.0. The van der Waals surface area contributed by atoms with Gasteiger partial charge in [-0.25, -0.2) is 4.39 Å². The summed E-state index contributed by atoms with van der Waals surface area (Å²) in [6.45, 7) is 4.73. The fourth-order valence-corrected chi connectivity index (χ4v) is 3.32. The van der Waals surface area contributed by atoms with Crippen LogP contribution in [0.2, 0.25) is 0 Å². The van der Waals surface area contributed by atoms with Gasteiger partial charge < -0.3 is 4.90 Å². The van der Waals surface area contributed by atoms with Gasteiger partial charge in [-0.3, -0.25) is 9.69 Å². The first kappa shape index (κ1) is 17.9. The van der Waals surface area contributed by atoms with Gasteiger partial charge in [0.25, 0.3) is 0 Å². The third-order valence-corrected chi connectivity index (χ3v) is 5.32. The molecular weight excluding hydrogens is 291 g/mol. The Hall–Kier alpha value is -1.42. The van der Waals surface area contributed by atoms with Crippen molar-refractivity contribution in [3.63, 3.8) is 0 Å². The maximum absolute atomic E-state index is 13.0. The number of hydrogen-bond acceptors (Lipinski definition) is 2. The summed E-state index contributed by atoms with van der Waals surface area (Å²) in [4.78, 5) is 16.5. The van der Waals surface area contributed by atoms with Gasteiger partial charge in [0.2, 0.25) is 5.91 Å². The van der Waals surface area contributed by atoms with Crippen molar-refractivity contribution in [1.29, 1.82) is 0 Å². The van der Waals surface area contributed by atoms with E-state index in [-0.39, 0.29) is 17.8 Å². The van der Waals surface area contributed by atoms with Crippen molar-refractivity contribution in [2.75, 3.05) is 20.6 Å². The summed E-state index contributed by atoms with van der Waals surface area (Å²) in [5.41, 5.74) is 0.955. The Morgan fingerprint density at radius 1 is 1.17 bits per heavy atom. The number of rotatable bonds is 5. The molecule has 2 rings (SSSR count). The van der Waals surface area contributed by atoms with Gasteiger partial charge in [-0.05, 0) is 63.3 Å². The number of likely N-dealkylation sites (N-methyl/N-ethyl adjacent to an activating group) is 2. The number of halogens is 1. The van der Waals surface area contributed by atoms with Crippen LogP contribution in [0.25, 0.3) is 0 Å². The Labute approximate surface area is 139 Å². The van der Waals surface area contributed by atoms with Crippen molar-refractivity contribution in [2.24, 2.45) is 5.92 Å². The summed E-state index contributed by atoms with van der Waals surface area (Å²) in [6, 6.07) is 6.85. The predicted molar refractivity (Wildman–Crippen MR) is 91.6 cm³/mol. The molecule has 0 bridgehead atoms. The molecular formula is C19H29FN2O. The van der Waals surface area contributed by atoms with Gasteiger partial charge in [-0.1, -0.05) is 19.1 Å². The molecule has 0 spiro atoms. The molecule has 1 aromatic rings. The van der Waals surface area contributed by atoms with E-state index < -0.39 is 0 Å². The minimum atomic E-state index is -0.249. The zero-order valence-corrected chi connectivity index (χ0v) is 14.8. The Morgan fingerprint density at radius 3 is 2.30 bits per heavy atom. The van der Waals surface area contributed by atoms with Crippen molar-refractivity contribution < 1.29 is 9.18 Å². The molecule has 1 aliphatic rings. The summed E-state index contributed by atoms with van der Waals surface area (Å²) < 4.78 is 13.0. The summed E-state index contributed by atoms with van der Waals surface area (Å²) in [5.74, 6) is 0.681. The number of nitrogens with zero attached hydrogens (tertiary/aromatic N) is 2. The normalized spacial score (nSPS) is 22.9. The Bertz CT molecular complexity index is 509. The van der Waals surface area contributed by atoms with Gasteiger partial charge in [0, 0.05) is 13.1 Å². The second kappa shape index (κ2) is 7.91. The molecule has 0 N–H and O–H groups in total. The average Bonchev–Trinajstić information content (AvgIpc) is 2.54. The molecule has 23 heavy (non-hydrogen) atoms. The van der Waals surface area contributed by atoms with Gasteiger partial charge >= 0.3 is 0 Å². The van der Waals surface area contributed by atoms with Crippen molar-refractivity contribution in [3.8, 4) is 0 Å². The van der Waals surface area contributed by atoms with Gasteiger partial charge in [0.05, 0.1) is 12.6 Å². The Kier molecular flexibility index (Phi) is 6.17. The Balaban J connectivity index is 1.90. The minimum Gasteiger partial charge on any atom is -0.338 e. The number of carbonyl (C=O) groups is 1. The van der Waals surface area contributed by atoms with Gasteiger partial charge in [0.1, 0.15) is 5.82 Å². The van der Waals surface area contributed by atoms with Crippen LogP contribution in [-0.2, 0) is 4.79 Å². The quantitative estimate of drug-likeness (QED) is 0.822. The van der Waals surface area contributed by atoms with E-state index in [9.17, 15) is 9.18 Å². The first-order chi connectivity index (χ1) is 10.9. The lowest BCUT2D eigenvalue weighted by Crippen LogP contribution is -2.43. The highest BCUT2D eigenvalue weighted by molar-refractivity contribution is 5.78.